The SMILES string of the molecule is CC(C)=C(Cl)C(Br)CCCC(Cl)CBr. The van der Waals surface area contributed by atoms with Crippen LogP contribution in [0, 0.1) is 0 Å². The lowest BCUT2D eigenvalue weighted by atomic mass is 10.1. The van der Waals surface area contributed by atoms with Gasteiger partial charge in [-0.2, -0.15) is 0 Å². The van der Waals surface area contributed by atoms with Crippen LogP contribution in [0.25, 0.3) is 0 Å². The molecule has 0 aromatic rings. The maximum absolute atomic E-state index is 6.11. The van der Waals surface area contributed by atoms with Crippen LogP contribution in [0.3, 0.4) is 0 Å². The molecule has 0 aliphatic heterocycles. The summed E-state index contributed by atoms with van der Waals surface area (Å²) in [4.78, 5) is 0.286. The molecule has 4 heteroatoms. The fraction of sp³-hybridized carbons (Fsp3) is 0.800. The Morgan fingerprint density at radius 2 is 1.86 bits per heavy atom. The van der Waals surface area contributed by atoms with E-state index in [4.69, 9.17) is 23.2 Å². The van der Waals surface area contributed by atoms with E-state index in [-0.39, 0.29) is 10.2 Å². The van der Waals surface area contributed by atoms with Gasteiger partial charge in [-0.3, -0.25) is 0 Å². The lowest BCUT2D eigenvalue weighted by Gasteiger charge is -2.11. The summed E-state index contributed by atoms with van der Waals surface area (Å²) in [5.41, 5.74) is 1.18. The van der Waals surface area contributed by atoms with E-state index < -0.39 is 0 Å². The molecule has 0 saturated heterocycles. The van der Waals surface area contributed by atoms with Crippen LogP contribution >= 0.6 is 55.1 Å². The lowest BCUT2D eigenvalue weighted by Crippen LogP contribution is -2.04. The van der Waals surface area contributed by atoms with Gasteiger partial charge in [0, 0.05) is 15.7 Å². The Hall–Kier alpha value is 1.28. The molecule has 0 saturated carbocycles. The molecule has 0 aliphatic carbocycles. The number of rotatable bonds is 6. The average molecular weight is 367 g/mol. The highest BCUT2D eigenvalue weighted by molar-refractivity contribution is 9.09. The Morgan fingerprint density at radius 1 is 1.29 bits per heavy atom. The molecule has 0 nitrogen and oxygen atoms in total. The molecule has 0 fully saturated rings. The summed E-state index contributed by atoms with van der Waals surface area (Å²) in [6.07, 6.45) is 3.17. The Labute approximate surface area is 114 Å². The minimum atomic E-state index is 0.236. The maximum atomic E-state index is 6.11. The van der Waals surface area contributed by atoms with Crippen molar-refractivity contribution in [1.82, 2.24) is 0 Å². The smallest absolute Gasteiger partial charge is 0.0502 e. The van der Waals surface area contributed by atoms with Crippen LogP contribution in [0.2, 0.25) is 0 Å². The Bertz CT molecular complexity index is 189. The minimum absolute atomic E-state index is 0.236. The van der Waals surface area contributed by atoms with E-state index in [0.717, 1.165) is 29.6 Å². The second kappa shape index (κ2) is 8.43. The Kier molecular flexibility index (Phi) is 9.21. The normalized spacial score (nSPS) is 15.0. The van der Waals surface area contributed by atoms with Crippen LogP contribution in [0.1, 0.15) is 33.1 Å². The molecule has 0 heterocycles. The van der Waals surface area contributed by atoms with Crippen molar-refractivity contribution in [1.29, 1.82) is 0 Å². The molecular weight excluding hydrogens is 351 g/mol. The Morgan fingerprint density at radius 3 is 2.29 bits per heavy atom. The maximum Gasteiger partial charge on any atom is 0.0502 e. The first-order chi connectivity index (χ1) is 6.49. The Balaban J connectivity index is 3.75. The van der Waals surface area contributed by atoms with E-state index >= 15 is 0 Å². The molecule has 0 bridgehead atoms. The zero-order chi connectivity index (χ0) is 11.1. The van der Waals surface area contributed by atoms with Crippen LogP contribution in [0.15, 0.2) is 10.6 Å². The number of hydrogen-bond acceptors (Lipinski definition) is 0. The van der Waals surface area contributed by atoms with Crippen molar-refractivity contribution >= 4 is 55.1 Å². The zero-order valence-corrected chi connectivity index (χ0v) is 13.2. The predicted molar refractivity (Wildman–Crippen MR) is 74.2 cm³/mol. The molecule has 0 aromatic carbocycles. The summed E-state index contributed by atoms with van der Waals surface area (Å²) >= 11 is 19.0. The van der Waals surface area contributed by atoms with Crippen molar-refractivity contribution in [3.05, 3.63) is 10.6 Å². The average Bonchev–Trinajstić information content (AvgIpc) is 2.15. The highest BCUT2D eigenvalue weighted by atomic mass is 79.9. The molecule has 2 atom stereocenters. The largest absolute Gasteiger partial charge is 0.122 e. The van der Waals surface area contributed by atoms with Crippen molar-refractivity contribution in [2.24, 2.45) is 0 Å². The van der Waals surface area contributed by atoms with Gasteiger partial charge in [-0.05, 0) is 26.7 Å². The molecule has 0 aliphatic rings. The minimum Gasteiger partial charge on any atom is -0.122 e. The first kappa shape index (κ1) is 15.3. The first-order valence-electron chi connectivity index (χ1n) is 4.66. The van der Waals surface area contributed by atoms with Gasteiger partial charge in [-0.1, -0.05) is 55.5 Å². The van der Waals surface area contributed by atoms with E-state index in [9.17, 15) is 0 Å². The molecule has 0 spiro atoms. The summed E-state index contributed by atoms with van der Waals surface area (Å²) in [6, 6.07) is 0. The van der Waals surface area contributed by atoms with Crippen molar-refractivity contribution < 1.29 is 0 Å². The summed E-state index contributed by atoms with van der Waals surface area (Å²) in [6.45, 7) is 4.05. The molecule has 0 radical (unpaired) electrons. The summed E-state index contributed by atoms with van der Waals surface area (Å²) < 4.78 is 0. The molecule has 0 N–H and O–H groups in total. The first-order valence-corrected chi connectivity index (χ1v) is 7.51. The fourth-order valence-corrected chi connectivity index (χ4v) is 2.40. The van der Waals surface area contributed by atoms with Crippen molar-refractivity contribution in [3.8, 4) is 0 Å². The second-order valence-electron chi connectivity index (χ2n) is 3.50. The predicted octanol–water partition coefficient (Wildman–Crippen LogP) is 5.46. The molecular formula is C10H16Br2Cl2. The van der Waals surface area contributed by atoms with E-state index in [1.165, 1.54) is 5.57 Å². The van der Waals surface area contributed by atoms with Gasteiger partial charge in [0.05, 0.1) is 4.83 Å². The highest BCUT2D eigenvalue weighted by Crippen LogP contribution is 2.25. The van der Waals surface area contributed by atoms with E-state index in [1.54, 1.807) is 0 Å². The van der Waals surface area contributed by atoms with Gasteiger partial charge in [0.2, 0.25) is 0 Å². The van der Waals surface area contributed by atoms with Crippen LogP contribution in [0.5, 0.6) is 0 Å². The number of alkyl halides is 3. The van der Waals surface area contributed by atoms with Gasteiger partial charge < -0.3 is 0 Å². The molecule has 0 rings (SSSR count). The van der Waals surface area contributed by atoms with Gasteiger partial charge in [-0.25, -0.2) is 0 Å². The number of hydrogen-bond donors (Lipinski definition) is 0. The molecule has 2 unspecified atom stereocenters. The van der Waals surface area contributed by atoms with Crippen LogP contribution < -0.4 is 0 Å². The van der Waals surface area contributed by atoms with Crippen LogP contribution in [-0.4, -0.2) is 15.5 Å². The van der Waals surface area contributed by atoms with Crippen molar-refractivity contribution in [2.45, 2.75) is 43.3 Å². The van der Waals surface area contributed by atoms with Gasteiger partial charge >= 0.3 is 0 Å². The summed E-state index contributed by atoms with van der Waals surface area (Å²) in [7, 11) is 0. The standard InChI is InChI=1S/C10H16Br2Cl2/c1-7(2)10(14)9(12)5-3-4-8(13)6-11/h8-9H,3-6H2,1-2H3. The third-order valence-corrected chi connectivity index (χ3v) is 5.24. The zero-order valence-electron chi connectivity index (χ0n) is 8.49. The monoisotopic (exact) mass is 364 g/mol. The van der Waals surface area contributed by atoms with E-state index in [1.807, 2.05) is 13.8 Å². The molecule has 84 valence electrons. The molecule has 0 aromatic heterocycles. The topological polar surface area (TPSA) is 0 Å². The quantitative estimate of drug-likeness (QED) is 0.548. The van der Waals surface area contributed by atoms with Crippen molar-refractivity contribution in [3.63, 3.8) is 0 Å². The third kappa shape index (κ3) is 6.71. The van der Waals surface area contributed by atoms with E-state index in [0.29, 0.717) is 0 Å². The number of allylic oxidation sites excluding steroid dienone is 2. The third-order valence-electron chi connectivity index (χ3n) is 1.90. The fourth-order valence-electron chi connectivity index (χ4n) is 1.04. The van der Waals surface area contributed by atoms with Gasteiger partial charge in [0.25, 0.3) is 0 Å². The molecule has 14 heavy (non-hydrogen) atoms. The van der Waals surface area contributed by atoms with Crippen LogP contribution in [0.4, 0.5) is 0 Å². The van der Waals surface area contributed by atoms with Crippen molar-refractivity contribution in [2.75, 3.05) is 5.33 Å². The summed E-state index contributed by atoms with van der Waals surface area (Å²) in [5, 5.41) is 2.02. The van der Waals surface area contributed by atoms with Crippen LogP contribution in [-0.2, 0) is 0 Å². The van der Waals surface area contributed by atoms with Gasteiger partial charge in [0.15, 0.2) is 0 Å². The highest BCUT2D eigenvalue weighted by Gasteiger charge is 2.10. The number of halogens is 4. The second-order valence-corrected chi connectivity index (χ2v) is 6.28. The summed E-state index contributed by atoms with van der Waals surface area (Å²) in [5.74, 6) is 0. The lowest BCUT2D eigenvalue weighted by molar-refractivity contribution is 0.690. The van der Waals surface area contributed by atoms with E-state index in [2.05, 4.69) is 31.9 Å². The van der Waals surface area contributed by atoms with Gasteiger partial charge in [-0.15, -0.1) is 11.6 Å². The van der Waals surface area contributed by atoms with Gasteiger partial charge in [0.1, 0.15) is 0 Å². The molecule has 0 amide bonds.